The molecule has 6 heteroatoms. The van der Waals surface area contributed by atoms with E-state index in [0.29, 0.717) is 16.5 Å². The number of hydrogen-bond donors (Lipinski definition) is 1. The van der Waals surface area contributed by atoms with Gasteiger partial charge in [-0.2, -0.15) is 0 Å². The molecule has 1 aromatic carbocycles. The Hall–Kier alpha value is -2.34. The summed E-state index contributed by atoms with van der Waals surface area (Å²) in [5.74, 6) is 0.740. The summed E-state index contributed by atoms with van der Waals surface area (Å²) in [5.41, 5.74) is 2.37. The van der Waals surface area contributed by atoms with Gasteiger partial charge in [0.2, 0.25) is 0 Å². The molecule has 0 atom stereocenters. The lowest BCUT2D eigenvalue weighted by Crippen LogP contribution is -2.11. The summed E-state index contributed by atoms with van der Waals surface area (Å²) in [5, 5.41) is 4.25. The van der Waals surface area contributed by atoms with Gasteiger partial charge in [-0.15, -0.1) is 11.3 Å². The van der Waals surface area contributed by atoms with E-state index < -0.39 is 0 Å². The summed E-state index contributed by atoms with van der Waals surface area (Å²) in [7, 11) is 1.61. The molecule has 1 N–H and O–H groups in total. The first-order chi connectivity index (χ1) is 10.5. The van der Waals surface area contributed by atoms with Crippen LogP contribution in [0.3, 0.4) is 0 Å². The topological polar surface area (TPSA) is 64.4 Å². The third kappa shape index (κ3) is 2.46. The standard InChI is InChI=1S/C16H16N2O3S/c1-8-12-7-11(20-4)5-6-13(12)21-14(8)15(19)18-16-17-9(2)10(3)22-16/h5-7H,1-4H3,(H,17,18,19). The van der Waals surface area contributed by atoms with Crippen molar-refractivity contribution in [3.05, 3.63) is 40.1 Å². The van der Waals surface area contributed by atoms with Gasteiger partial charge in [0.05, 0.1) is 12.8 Å². The maximum Gasteiger partial charge on any atom is 0.293 e. The number of thiazole rings is 1. The number of rotatable bonds is 3. The molecule has 0 aliphatic rings. The number of nitrogens with one attached hydrogen (secondary N) is 1. The molecule has 2 heterocycles. The highest BCUT2D eigenvalue weighted by molar-refractivity contribution is 7.15. The summed E-state index contributed by atoms with van der Waals surface area (Å²) in [6.07, 6.45) is 0. The van der Waals surface area contributed by atoms with Crippen LogP contribution >= 0.6 is 11.3 Å². The average molecular weight is 316 g/mol. The Kier molecular flexibility index (Phi) is 3.62. The second-order valence-corrected chi connectivity index (χ2v) is 6.24. The third-order valence-corrected chi connectivity index (χ3v) is 4.59. The van der Waals surface area contributed by atoms with Crippen molar-refractivity contribution in [1.82, 2.24) is 4.98 Å². The molecule has 0 unspecified atom stereocenters. The van der Waals surface area contributed by atoms with Gasteiger partial charge < -0.3 is 9.15 Å². The number of amides is 1. The van der Waals surface area contributed by atoms with Crippen LogP contribution in [0.2, 0.25) is 0 Å². The Morgan fingerprint density at radius 3 is 2.73 bits per heavy atom. The molecular formula is C16H16N2O3S. The predicted molar refractivity (Wildman–Crippen MR) is 87.0 cm³/mol. The minimum atomic E-state index is -0.290. The Bertz CT molecular complexity index is 844. The zero-order valence-corrected chi connectivity index (χ0v) is 13.6. The Labute approximate surface area is 131 Å². The van der Waals surface area contributed by atoms with Gasteiger partial charge in [0.25, 0.3) is 5.91 Å². The highest BCUT2D eigenvalue weighted by Gasteiger charge is 2.19. The zero-order chi connectivity index (χ0) is 15.9. The van der Waals surface area contributed by atoms with E-state index in [1.165, 1.54) is 11.3 Å². The fourth-order valence-corrected chi connectivity index (χ4v) is 3.03. The normalized spacial score (nSPS) is 10.9. The van der Waals surface area contributed by atoms with E-state index >= 15 is 0 Å². The minimum absolute atomic E-state index is 0.290. The molecule has 0 saturated heterocycles. The van der Waals surface area contributed by atoms with Gasteiger partial charge in [-0.25, -0.2) is 4.98 Å². The number of carbonyl (C=O) groups is 1. The van der Waals surface area contributed by atoms with Gasteiger partial charge in [-0.1, -0.05) is 0 Å². The summed E-state index contributed by atoms with van der Waals surface area (Å²) >= 11 is 1.45. The van der Waals surface area contributed by atoms with Gasteiger partial charge in [-0.3, -0.25) is 10.1 Å². The second-order valence-electron chi connectivity index (χ2n) is 5.03. The SMILES string of the molecule is COc1ccc2oc(C(=O)Nc3nc(C)c(C)s3)c(C)c2c1. The molecule has 0 fully saturated rings. The van der Waals surface area contributed by atoms with Crippen LogP contribution < -0.4 is 10.1 Å². The fraction of sp³-hybridized carbons (Fsp3) is 0.250. The van der Waals surface area contributed by atoms with E-state index in [4.69, 9.17) is 9.15 Å². The minimum Gasteiger partial charge on any atom is -0.497 e. The second kappa shape index (κ2) is 5.46. The number of ether oxygens (including phenoxy) is 1. The maximum atomic E-state index is 12.4. The van der Waals surface area contributed by atoms with Crippen molar-refractivity contribution in [2.75, 3.05) is 12.4 Å². The number of furan rings is 1. The van der Waals surface area contributed by atoms with Crippen molar-refractivity contribution in [3.63, 3.8) is 0 Å². The van der Waals surface area contributed by atoms with E-state index in [2.05, 4.69) is 10.3 Å². The quantitative estimate of drug-likeness (QED) is 0.791. The van der Waals surface area contributed by atoms with Crippen molar-refractivity contribution in [2.45, 2.75) is 20.8 Å². The largest absolute Gasteiger partial charge is 0.497 e. The molecule has 0 aliphatic carbocycles. The first-order valence-electron chi connectivity index (χ1n) is 6.82. The lowest BCUT2D eigenvalue weighted by atomic mass is 10.1. The number of carbonyl (C=O) groups excluding carboxylic acids is 1. The molecule has 114 valence electrons. The van der Waals surface area contributed by atoms with Crippen molar-refractivity contribution < 1.29 is 13.9 Å². The van der Waals surface area contributed by atoms with Crippen LogP contribution in [0, 0.1) is 20.8 Å². The Balaban J connectivity index is 1.95. The highest BCUT2D eigenvalue weighted by atomic mass is 32.1. The first-order valence-corrected chi connectivity index (χ1v) is 7.63. The third-order valence-electron chi connectivity index (χ3n) is 3.60. The molecule has 2 aromatic heterocycles. The smallest absolute Gasteiger partial charge is 0.293 e. The van der Waals surface area contributed by atoms with E-state index in [1.54, 1.807) is 19.2 Å². The molecule has 5 nitrogen and oxygen atoms in total. The van der Waals surface area contributed by atoms with Gasteiger partial charge in [0.1, 0.15) is 11.3 Å². The number of fused-ring (bicyclic) bond motifs is 1. The monoisotopic (exact) mass is 316 g/mol. The van der Waals surface area contributed by atoms with E-state index in [1.807, 2.05) is 26.8 Å². The predicted octanol–water partition coefficient (Wildman–Crippen LogP) is 4.08. The number of aryl methyl sites for hydroxylation is 3. The van der Waals surface area contributed by atoms with Crippen LogP contribution in [0.1, 0.15) is 26.7 Å². The first kappa shape index (κ1) is 14.6. The van der Waals surface area contributed by atoms with Crippen LogP contribution in [-0.2, 0) is 0 Å². The van der Waals surface area contributed by atoms with Crippen LogP contribution in [0.25, 0.3) is 11.0 Å². The van der Waals surface area contributed by atoms with Crippen molar-refractivity contribution in [2.24, 2.45) is 0 Å². The molecule has 0 saturated carbocycles. The number of hydrogen-bond acceptors (Lipinski definition) is 5. The van der Waals surface area contributed by atoms with Crippen LogP contribution in [-0.4, -0.2) is 18.0 Å². The molecule has 22 heavy (non-hydrogen) atoms. The number of benzene rings is 1. The summed E-state index contributed by atoms with van der Waals surface area (Å²) in [6.45, 7) is 5.75. The van der Waals surface area contributed by atoms with Gasteiger partial charge in [0.15, 0.2) is 10.9 Å². The molecule has 0 bridgehead atoms. The van der Waals surface area contributed by atoms with Crippen molar-refractivity contribution >= 4 is 33.3 Å². The summed E-state index contributed by atoms with van der Waals surface area (Å²) in [4.78, 5) is 17.8. The van der Waals surface area contributed by atoms with Gasteiger partial charge in [0, 0.05) is 15.8 Å². The average Bonchev–Trinajstić information content (AvgIpc) is 2.99. The zero-order valence-electron chi connectivity index (χ0n) is 12.8. The number of nitrogens with zero attached hydrogens (tertiary/aromatic N) is 1. The lowest BCUT2D eigenvalue weighted by Gasteiger charge is -1.99. The maximum absolute atomic E-state index is 12.4. The number of methoxy groups -OCH3 is 1. The van der Waals surface area contributed by atoms with Gasteiger partial charge in [-0.05, 0) is 39.0 Å². The van der Waals surface area contributed by atoms with E-state index in [-0.39, 0.29) is 5.91 Å². The molecule has 0 aliphatic heterocycles. The highest BCUT2D eigenvalue weighted by Crippen LogP contribution is 2.30. The Morgan fingerprint density at radius 1 is 1.32 bits per heavy atom. The fourth-order valence-electron chi connectivity index (χ4n) is 2.22. The number of anilines is 1. The molecule has 1 amide bonds. The van der Waals surface area contributed by atoms with E-state index in [0.717, 1.165) is 27.3 Å². The van der Waals surface area contributed by atoms with Crippen LogP contribution in [0.5, 0.6) is 5.75 Å². The Morgan fingerprint density at radius 2 is 2.09 bits per heavy atom. The molecule has 3 aromatic rings. The lowest BCUT2D eigenvalue weighted by molar-refractivity contribution is 0.0998. The van der Waals surface area contributed by atoms with Crippen molar-refractivity contribution in [1.29, 1.82) is 0 Å². The van der Waals surface area contributed by atoms with Crippen LogP contribution in [0.15, 0.2) is 22.6 Å². The summed E-state index contributed by atoms with van der Waals surface area (Å²) in [6, 6.07) is 5.47. The molecule has 3 rings (SSSR count). The molecule has 0 spiro atoms. The van der Waals surface area contributed by atoms with Crippen molar-refractivity contribution in [3.8, 4) is 5.75 Å². The van der Waals surface area contributed by atoms with Crippen LogP contribution in [0.4, 0.5) is 5.13 Å². The molecule has 0 radical (unpaired) electrons. The number of aromatic nitrogens is 1. The van der Waals surface area contributed by atoms with E-state index in [9.17, 15) is 4.79 Å². The summed E-state index contributed by atoms with van der Waals surface area (Å²) < 4.78 is 10.9. The van der Waals surface area contributed by atoms with Gasteiger partial charge >= 0.3 is 0 Å². The molecular weight excluding hydrogens is 300 g/mol.